The number of fused-ring (bicyclic) bond motifs is 7. The fourth-order valence-corrected chi connectivity index (χ4v) is 5.61. The predicted molar refractivity (Wildman–Crippen MR) is 148 cm³/mol. The second-order valence-corrected chi connectivity index (χ2v) is 9.12. The van der Waals surface area contributed by atoms with Gasteiger partial charge < -0.3 is 9.13 Å². The second kappa shape index (κ2) is 7.27. The van der Waals surface area contributed by atoms with Gasteiger partial charge in [-0.05, 0) is 47.9 Å². The van der Waals surface area contributed by atoms with Gasteiger partial charge in [-0.15, -0.1) is 0 Å². The minimum absolute atomic E-state index is 0.916. The standard InChI is InChI=1S/C32H20N4/c1-2-12-22(13-3-1)35-26-16-7-6-15-24(26)30-28(35)20-29-32(34-30)31-27(18-9-19-33-31)36(29)25-17-8-11-21-10-4-5-14-23(21)25/h1-20H. The summed E-state index contributed by atoms with van der Waals surface area (Å²) in [5, 5.41) is 3.55. The average Bonchev–Trinajstić information content (AvgIpc) is 3.44. The van der Waals surface area contributed by atoms with E-state index in [4.69, 9.17) is 9.97 Å². The van der Waals surface area contributed by atoms with E-state index in [1.54, 1.807) is 0 Å². The van der Waals surface area contributed by atoms with Crippen LogP contribution in [0.2, 0.25) is 0 Å². The van der Waals surface area contributed by atoms with Crippen LogP contribution in [0.25, 0.3) is 66.2 Å². The fraction of sp³-hybridized carbons (Fsp3) is 0. The molecule has 0 unspecified atom stereocenters. The van der Waals surface area contributed by atoms with Crippen LogP contribution in [0.15, 0.2) is 121 Å². The Morgan fingerprint density at radius 1 is 0.472 bits per heavy atom. The predicted octanol–water partition coefficient (Wildman–Crippen LogP) is 7.82. The molecule has 168 valence electrons. The van der Waals surface area contributed by atoms with E-state index in [0.717, 1.165) is 55.4 Å². The normalized spacial score (nSPS) is 11.9. The third-order valence-corrected chi connectivity index (χ3v) is 7.14. The molecule has 8 rings (SSSR count). The van der Waals surface area contributed by atoms with Gasteiger partial charge in [-0.3, -0.25) is 4.98 Å². The summed E-state index contributed by atoms with van der Waals surface area (Å²) in [5.41, 5.74) is 9.41. The summed E-state index contributed by atoms with van der Waals surface area (Å²) in [7, 11) is 0. The maximum Gasteiger partial charge on any atom is 0.116 e. The van der Waals surface area contributed by atoms with Crippen molar-refractivity contribution >= 4 is 54.8 Å². The summed E-state index contributed by atoms with van der Waals surface area (Å²) in [6, 6.07) is 40.5. The Kier molecular flexibility index (Phi) is 3.91. The molecule has 0 radical (unpaired) electrons. The third kappa shape index (κ3) is 2.58. The first-order valence-electron chi connectivity index (χ1n) is 12.1. The van der Waals surface area contributed by atoms with Gasteiger partial charge in [-0.1, -0.05) is 72.8 Å². The monoisotopic (exact) mass is 460 g/mol. The van der Waals surface area contributed by atoms with Crippen molar-refractivity contribution in [2.24, 2.45) is 0 Å². The van der Waals surface area contributed by atoms with Crippen molar-refractivity contribution in [1.29, 1.82) is 0 Å². The molecule has 0 atom stereocenters. The molecular formula is C32H20N4. The van der Waals surface area contributed by atoms with E-state index >= 15 is 0 Å². The molecule has 0 aliphatic rings. The van der Waals surface area contributed by atoms with Gasteiger partial charge in [0.15, 0.2) is 0 Å². The Morgan fingerprint density at radius 2 is 1.19 bits per heavy atom. The maximum atomic E-state index is 5.30. The molecule has 0 aliphatic heterocycles. The van der Waals surface area contributed by atoms with Crippen LogP contribution in [0, 0.1) is 0 Å². The first kappa shape index (κ1) is 19.4. The van der Waals surface area contributed by atoms with E-state index in [2.05, 4.69) is 118 Å². The molecule has 36 heavy (non-hydrogen) atoms. The van der Waals surface area contributed by atoms with Gasteiger partial charge >= 0.3 is 0 Å². The summed E-state index contributed by atoms with van der Waals surface area (Å²) in [4.78, 5) is 10.1. The van der Waals surface area contributed by atoms with Gasteiger partial charge in [0.1, 0.15) is 11.0 Å². The van der Waals surface area contributed by atoms with E-state index in [1.165, 1.54) is 10.8 Å². The molecule has 4 heteroatoms. The van der Waals surface area contributed by atoms with Gasteiger partial charge in [0, 0.05) is 22.7 Å². The number of hydrogen-bond acceptors (Lipinski definition) is 2. The number of benzene rings is 4. The molecular weight excluding hydrogens is 440 g/mol. The van der Waals surface area contributed by atoms with Crippen molar-refractivity contribution in [1.82, 2.24) is 19.1 Å². The molecule has 0 bridgehead atoms. The first-order valence-corrected chi connectivity index (χ1v) is 12.1. The van der Waals surface area contributed by atoms with E-state index in [-0.39, 0.29) is 0 Å². The number of rotatable bonds is 2. The van der Waals surface area contributed by atoms with Crippen molar-refractivity contribution in [3.63, 3.8) is 0 Å². The Labute approximate surface area is 206 Å². The molecule has 0 saturated heterocycles. The van der Waals surface area contributed by atoms with Crippen LogP contribution >= 0.6 is 0 Å². The van der Waals surface area contributed by atoms with E-state index in [9.17, 15) is 0 Å². The van der Waals surface area contributed by atoms with Gasteiger partial charge in [-0.2, -0.15) is 0 Å². The number of para-hydroxylation sites is 2. The zero-order chi connectivity index (χ0) is 23.6. The van der Waals surface area contributed by atoms with Crippen LogP contribution in [-0.4, -0.2) is 19.1 Å². The number of nitrogens with zero attached hydrogens (tertiary/aromatic N) is 4. The van der Waals surface area contributed by atoms with E-state index in [0.29, 0.717) is 0 Å². The van der Waals surface area contributed by atoms with Crippen LogP contribution in [-0.2, 0) is 0 Å². The number of hydrogen-bond donors (Lipinski definition) is 0. The second-order valence-electron chi connectivity index (χ2n) is 9.12. The Morgan fingerprint density at radius 3 is 2.11 bits per heavy atom. The molecule has 0 aliphatic carbocycles. The van der Waals surface area contributed by atoms with Crippen molar-refractivity contribution in [2.45, 2.75) is 0 Å². The number of pyridine rings is 2. The van der Waals surface area contributed by atoms with Gasteiger partial charge in [-0.25, -0.2) is 4.98 Å². The Balaban J connectivity index is 1.59. The largest absolute Gasteiger partial charge is 0.308 e. The van der Waals surface area contributed by atoms with Crippen LogP contribution in [0.5, 0.6) is 0 Å². The lowest BCUT2D eigenvalue weighted by molar-refractivity contribution is 1.17. The lowest BCUT2D eigenvalue weighted by atomic mass is 10.1. The molecule has 4 heterocycles. The SMILES string of the molecule is c1ccc(-n2c3ccccc3c3nc4c5ncccc5n(-c5cccc6ccccc56)c4cc32)cc1. The zero-order valence-electron chi connectivity index (χ0n) is 19.3. The smallest absolute Gasteiger partial charge is 0.116 e. The molecule has 0 fully saturated rings. The Bertz CT molecular complexity index is 2090. The first-order chi connectivity index (χ1) is 17.9. The third-order valence-electron chi connectivity index (χ3n) is 7.14. The highest BCUT2D eigenvalue weighted by Gasteiger charge is 2.20. The van der Waals surface area contributed by atoms with Crippen molar-refractivity contribution < 1.29 is 0 Å². The van der Waals surface area contributed by atoms with E-state index in [1.807, 2.05) is 12.3 Å². The summed E-state index contributed by atoms with van der Waals surface area (Å²) in [6.07, 6.45) is 1.86. The molecule has 4 aromatic carbocycles. The lowest BCUT2D eigenvalue weighted by Crippen LogP contribution is -1.97. The van der Waals surface area contributed by atoms with Crippen LogP contribution in [0.3, 0.4) is 0 Å². The molecule has 4 nitrogen and oxygen atoms in total. The van der Waals surface area contributed by atoms with Gasteiger partial charge in [0.05, 0.1) is 33.3 Å². The van der Waals surface area contributed by atoms with Crippen LogP contribution < -0.4 is 0 Å². The highest BCUT2D eigenvalue weighted by atomic mass is 15.0. The minimum atomic E-state index is 0.916. The minimum Gasteiger partial charge on any atom is -0.308 e. The van der Waals surface area contributed by atoms with Crippen LogP contribution in [0.1, 0.15) is 0 Å². The summed E-state index contributed by atoms with van der Waals surface area (Å²) in [6.45, 7) is 0. The zero-order valence-corrected chi connectivity index (χ0v) is 19.3. The molecule has 0 amide bonds. The Hall–Kier alpha value is -4.96. The van der Waals surface area contributed by atoms with Gasteiger partial charge in [0.25, 0.3) is 0 Å². The molecule has 8 aromatic rings. The highest BCUT2D eigenvalue weighted by Crippen LogP contribution is 2.38. The maximum absolute atomic E-state index is 5.30. The summed E-state index contributed by atoms with van der Waals surface area (Å²) in [5.74, 6) is 0. The molecule has 4 aromatic heterocycles. The quantitative estimate of drug-likeness (QED) is 0.264. The summed E-state index contributed by atoms with van der Waals surface area (Å²) >= 11 is 0. The van der Waals surface area contributed by atoms with Crippen molar-refractivity contribution in [2.75, 3.05) is 0 Å². The lowest BCUT2D eigenvalue weighted by Gasteiger charge is -2.12. The van der Waals surface area contributed by atoms with Gasteiger partial charge in [0.2, 0.25) is 0 Å². The topological polar surface area (TPSA) is 35.6 Å². The van der Waals surface area contributed by atoms with E-state index < -0.39 is 0 Å². The van der Waals surface area contributed by atoms with Crippen molar-refractivity contribution in [3.8, 4) is 11.4 Å². The highest BCUT2D eigenvalue weighted by molar-refractivity contribution is 6.15. The molecule has 0 spiro atoms. The summed E-state index contributed by atoms with van der Waals surface area (Å²) < 4.78 is 4.63. The molecule has 0 saturated carbocycles. The average molecular weight is 461 g/mol. The fourth-order valence-electron chi connectivity index (χ4n) is 5.61. The number of aromatic nitrogens is 4. The molecule has 0 N–H and O–H groups in total. The van der Waals surface area contributed by atoms with Crippen LogP contribution in [0.4, 0.5) is 0 Å². The van der Waals surface area contributed by atoms with Crippen molar-refractivity contribution in [3.05, 3.63) is 121 Å².